The lowest BCUT2D eigenvalue weighted by molar-refractivity contribution is -0.137. The van der Waals surface area contributed by atoms with Crippen molar-refractivity contribution >= 4 is 27.6 Å². The number of rotatable bonds is 3. The van der Waals surface area contributed by atoms with Crippen LogP contribution < -0.4 is 16.0 Å². The van der Waals surface area contributed by atoms with Crippen LogP contribution in [0.15, 0.2) is 0 Å². The van der Waals surface area contributed by atoms with Crippen LogP contribution in [0.3, 0.4) is 0 Å². The Balaban J connectivity index is 1.83. The van der Waals surface area contributed by atoms with E-state index in [1.165, 1.54) is 0 Å². The summed E-state index contributed by atoms with van der Waals surface area (Å²) in [4.78, 5) is 34.3. The molecule has 2 heterocycles. The molecule has 0 aliphatic carbocycles. The van der Waals surface area contributed by atoms with Gasteiger partial charge in [0.2, 0.25) is 17.7 Å². The minimum absolute atomic E-state index is 0.00302. The van der Waals surface area contributed by atoms with Crippen molar-refractivity contribution in [3.63, 3.8) is 0 Å². The molecule has 0 spiro atoms. The van der Waals surface area contributed by atoms with E-state index in [4.69, 9.17) is 0 Å². The van der Waals surface area contributed by atoms with Crippen LogP contribution in [0.5, 0.6) is 0 Å². The normalized spacial score (nSPS) is 29.6. The van der Waals surface area contributed by atoms with Gasteiger partial charge in [-0.15, -0.1) is 0 Å². The Morgan fingerprint density at radius 1 is 1.35 bits per heavy atom. The van der Waals surface area contributed by atoms with Crippen LogP contribution in [0.25, 0.3) is 0 Å². The van der Waals surface area contributed by atoms with Crippen LogP contribution >= 0.6 is 0 Å². The highest BCUT2D eigenvalue weighted by Gasteiger charge is 2.30. The molecule has 0 aromatic carbocycles. The number of carbonyl (C=O) groups excluding carboxylic acids is 3. The molecule has 0 aromatic heterocycles. The number of amides is 3. The molecule has 2 saturated heterocycles. The van der Waals surface area contributed by atoms with Crippen molar-refractivity contribution in [1.29, 1.82) is 0 Å². The highest BCUT2D eigenvalue weighted by Crippen LogP contribution is 2.07. The van der Waals surface area contributed by atoms with E-state index in [1.54, 1.807) is 0 Å². The van der Waals surface area contributed by atoms with Crippen molar-refractivity contribution in [2.24, 2.45) is 0 Å². The summed E-state index contributed by atoms with van der Waals surface area (Å²) in [6.45, 7) is 0.332. The Labute approximate surface area is 116 Å². The van der Waals surface area contributed by atoms with Gasteiger partial charge in [-0.05, 0) is 6.42 Å². The molecule has 2 unspecified atom stereocenters. The lowest BCUT2D eigenvalue weighted by Gasteiger charge is -2.25. The van der Waals surface area contributed by atoms with Crippen LogP contribution in [0.4, 0.5) is 0 Å². The average molecular weight is 303 g/mol. The highest BCUT2D eigenvalue weighted by atomic mass is 32.2. The molecule has 0 bridgehead atoms. The van der Waals surface area contributed by atoms with E-state index < -0.39 is 33.7 Å². The predicted molar refractivity (Wildman–Crippen MR) is 69.4 cm³/mol. The zero-order valence-corrected chi connectivity index (χ0v) is 11.7. The number of carbonyl (C=O) groups is 3. The molecule has 112 valence electrons. The van der Waals surface area contributed by atoms with Gasteiger partial charge in [0.15, 0.2) is 9.84 Å². The smallest absolute Gasteiger partial charge is 0.249 e. The second-order valence-electron chi connectivity index (χ2n) is 5.04. The fourth-order valence-electron chi connectivity index (χ4n) is 2.31. The zero-order chi connectivity index (χ0) is 14.8. The van der Waals surface area contributed by atoms with Gasteiger partial charge in [-0.25, -0.2) is 8.42 Å². The standard InChI is InChI=1S/C11H17N3O5S/c15-9-2-1-8(11(17)14-9)13-10(16)5-7-6-20(18,19)4-3-12-7/h7-8,12H,1-6H2,(H,13,16)(H,14,15,17). The van der Waals surface area contributed by atoms with Crippen molar-refractivity contribution in [2.75, 3.05) is 18.1 Å². The van der Waals surface area contributed by atoms with Crippen molar-refractivity contribution < 1.29 is 22.8 Å². The van der Waals surface area contributed by atoms with Gasteiger partial charge >= 0.3 is 0 Å². The molecular weight excluding hydrogens is 286 g/mol. The Morgan fingerprint density at radius 3 is 2.75 bits per heavy atom. The van der Waals surface area contributed by atoms with Gasteiger partial charge in [0.1, 0.15) is 6.04 Å². The molecule has 20 heavy (non-hydrogen) atoms. The summed E-state index contributed by atoms with van der Waals surface area (Å²) in [7, 11) is -3.10. The van der Waals surface area contributed by atoms with E-state index in [-0.39, 0.29) is 36.7 Å². The molecule has 2 atom stereocenters. The van der Waals surface area contributed by atoms with Gasteiger partial charge in [-0.1, -0.05) is 0 Å². The molecule has 2 aliphatic rings. The van der Waals surface area contributed by atoms with E-state index in [9.17, 15) is 22.8 Å². The minimum atomic E-state index is -3.10. The minimum Gasteiger partial charge on any atom is -0.344 e. The summed E-state index contributed by atoms with van der Waals surface area (Å²) in [5.41, 5.74) is 0. The SMILES string of the molecule is O=C1CCC(NC(=O)CC2CS(=O)(=O)CCN2)C(=O)N1. The van der Waals surface area contributed by atoms with Gasteiger partial charge in [0.05, 0.1) is 11.5 Å². The van der Waals surface area contributed by atoms with Crippen LogP contribution in [0, 0.1) is 0 Å². The monoisotopic (exact) mass is 303 g/mol. The highest BCUT2D eigenvalue weighted by molar-refractivity contribution is 7.91. The largest absolute Gasteiger partial charge is 0.344 e. The summed E-state index contributed by atoms with van der Waals surface area (Å²) in [5.74, 6) is -1.25. The number of imide groups is 1. The maximum absolute atomic E-state index is 11.8. The quantitative estimate of drug-likeness (QED) is 0.503. The Hall–Kier alpha value is -1.48. The maximum Gasteiger partial charge on any atom is 0.249 e. The topological polar surface area (TPSA) is 121 Å². The summed E-state index contributed by atoms with van der Waals surface area (Å²) >= 11 is 0. The van der Waals surface area contributed by atoms with E-state index in [2.05, 4.69) is 16.0 Å². The van der Waals surface area contributed by atoms with Gasteiger partial charge in [0, 0.05) is 25.4 Å². The van der Waals surface area contributed by atoms with Crippen LogP contribution in [0.2, 0.25) is 0 Å². The van der Waals surface area contributed by atoms with Crippen LogP contribution in [0.1, 0.15) is 19.3 Å². The molecule has 0 aromatic rings. The molecule has 2 aliphatic heterocycles. The molecular formula is C11H17N3O5S. The molecule has 3 N–H and O–H groups in total. The second-order valence-corrected chi connectivity index (χ2v) is 7.27. The number of nitrogens with one attached hydrogen (secondary N) is 3. The third-order valence-electron chi connectivity index (χ3n) is 3.31. The zero-order valence-electron chi connectivity index (χ0n) is 10.8. The van der Waals surface area contributed by atoms with E-state index in [1.807, 2.05) is 0 Å². The Kier molecular flexibility index (Phi) is 4.39. The van der Waals surface area contributed by atoms with Crippen LogP contribution in [-0.4, -0.2) is 56.3 Å². The molecule has 0 radical (unpaired) electrons. The number of hydrogen-bond acceptors (Lipinski definition) is 6. The average Bonchev–Trinajstić information content (AvgIpc) is 2.31. The lowest BCUT2D eigenvalue weighted by atomic mass is 10.1. The first-order chi connectivity index (χ1) is 9.35. The third-order valence-corrected chi connectivity index (χ3v) is 5.04. The number of hydrogen-bond donors (Lipinski definition) is 3. The van der Waals surface area contributed by atoms with Gasteiger partial charge < -0.3 is 10.6 Å². The molecule has 8 nitrogen and oxygen atoms in total. The Bertz CT molecular complexity index is 530. The predicted octanol–water partition coefficient (Wildman–Crippen LogP) is -2.32. The fourth-order valence-corrected chi connectivity index (χ4v) is 3.75. The summed E-state index contributed by atoms with van der Waals surface area (Å²) in [5, 5.41) is 7.64. The first-order valence-electron chi connectivity index (χ1n) is 6.42. The van der Waals surface area contributed by atoms with Gasteiger partial charge in [0.25, 0.3) is 0 Å². The molecule has 2 fully saturated rings. The molecule has 9 heteroatoms. The first kappa shape index (κ1) is 14.9. The van der Waals surface area contributed by atoms with Gasteiger partial charge in [-0.3, -0.25) is 19.7 Å². The van der Waals surface area contributed by atoms with Crippen molar-refractivity contribution in [3.05, 3.63) is 0 Å². The third kappa shape index (κ3) is 4.01. The molecule has 3 amide bonds. The van der Waals surface area contributed by atoms with Crippen molar-refractivity contribution in [3.8, 4) is 0 Å². The first-order valence-corrected chi connectivity index (χ1v) is 8.25. The fraction of sp³-hybridized carbons (Fsp3) is 0.727. The van der Waals surface area contributed by atoms with Crippen molar-refractivity contribution in [2.45, 2.75) is 31.3 Å². The molecule has 0 saturated carbocycles. The summed E-state index contributed by atoms with van der Waals surface area (Å²) in [6.07, 6.45) is 0.455. The van der Waals surface area contributed by atoms with E-state index >= 15 is 0 Å². The van der Waals surface area contributed by atoms with E-state index in [0.29, 0.717) is 6.54 Å². The number of piperidine rings is 1. The van der Waals surface area contributed by atoms with E-state index in [0.717, 1.165) is 0 Å². The number of sulfone groups is 1. The van der Waals surface area contributed by atoms with Gasteiger partial charge in [-0.2, -0.15) is 0 Å². The maximum atomic E-state index is 11.8. The lowest BCUT2D eigenvalue weighted by Crippen LogP contribution is -2.54. The summed E-state index contributed by atoms with van der Waals surface area (Å²) < 4.78 is 22.9. The van der Waals surface area contributed by atoms with Crippen LogP contribution in [-0.2, 0) is 24.2 Å². The summed E-state index contributed by atoms with van der Waals surface area (Å²) in [6, 6.07) is -1.15. The van der Waals surface area contributed by atoms with Crippen molar-refractivity contribution in [1.82, 2.24) is 16.0 Å². The Morgan fingerprint density at radius 2 is 2.10 bits per heavy atom. The molecule has 2 rings (SSSR count). The second kappa shape index (κ2) is 5.88.